The van der Waals surface area contributed by atoms with Crippen LogP contribution in [0, 0.1) is 0 Å². The monoisotopic (exact) mass is 223 g/mol. The second-order valence-electron chi connectivity index (χ2n) is 2.92. The molecule has 0 saturated carbocycles. The largest absolute Gasteiger partial charge is 0.368 e. The van der Waals surface area contributed by atoms with E-state index in [-0.39, 0.29) is 0 Å². The van der Waals surface area contributed by atoms with Crippen molar-refractivity contribution >= 4 is 17.4 Å². The molecule has 0 atom stereocenters. The van der Waals surface area contributed by atoms with Gasteiger partial charge in [0.25, 0.3) is 0 Å². The lowest BCUT2D eigenvalue weighted by atomic mass is 10.5. The molecule has 15 heavy (non-hydrogen) atoms. The first kappa shape index (κ1) is 9.92. The maximum absolute atomic E-state index is 5.71. The molecule has 6 heteroatoms. The van der Waals surface area contributed by atoms with Crippen LogP contribution in [0.5, 0.6) is 0 Å². The maximum Gasteiger partial charge on any atom is 0.134 e. The van der Waals surface area contributed by atoms with Gasteiger partial charge in [0.1, 0.15) is 17.3 Å². The molecule has 0 unspecified atom stereocenters. The summed E-state index contributed by atoms with van der Waals surface area (Å²) < 4.78 is 1.84. The van der Waals surface area contributed by atoms with Gasteiger partial charge in [0.2, 0.25) is 0 Å². The number of anilines is 1. The van der Waals surface area contributed by atoms with Gasteiger partial charge in [-0.1, -0.05) is 11.6 Å². The molecule has 2 aromatic rings. The fourth-order valence-corrected chi connectivity index (χ4v) is 1.31. The van der Waals surface area contributed by atoms with Crippen LogP contribution in [-0.2, 0) is 6.54 Å². The summed E-state index contributed by atoms with van der Waals surface area (Å²) in [6, 6.07) is 3.58. The van der Waals surface area contributed by atoms with Gasteiger partial charge >= 0.3 is 0 Å². The minimum absolute atomic E-state index is 0.437. The predicted octanol–water partition coefficient (Wildman–Crippen LogP) is 1.44. The lowest BCUT2D eigenvalue weighted by Gasteiger charge is -2.05. The molecular weight excluding hydrogens is 214 g/mol. The van der Waals surface area contributed by atoms with Gasteiger partial charge < -0.3 is 5.32 Å². The molecule has 0 spiro atoms. The third-order valence-corrected chi connectivity index (χ3v) is 2.05. The second-order valence-corrected chi connectivity index (χ2v) is 3.31. The fourth-order valence-electron chi connectivity index (χ4n) is 1.16. The van der Waals surface area contributed by atoms with Crippen LogP contribution in [0.2, 0.25) is 5.15 Å². The Kier molecular flexibility index (Phi) is 3.14. The molecule has 0 fully saturated rings. The first-order valence-electron chi connectivity index (χ1n) is 4.53. The summed E-state index contributed by atoms with van der Waals surface area (Å²) >= 11 is 5.71. The van der Waals surface area contributed by atoms with Crippen LogP contribution < -0.4 is 5.32 Å². The molecule has 5 nitrogen and oxygen atoms in total. The number of nitrogens with one attached hydrogen (secondary N) is 1. The van der Waals surface area contributed by atoms with Gasteiger partial charge in [-0.15, -0.1) is 0 Å². The normalized spacial score (nSPS) is 10.2. The third-order valence-electron chi connectivity index (χ3n) is 1.84. The van der Waals surface area contributed by atoms with E-state index in [2.05, 4.69) is 20.4 Å². The Balaban J connectivity index is 1.83. The molecule has 0 amide bonds. The molecule has 0 saturated heterocycles. The Morgan fingerprint density at radius 1 is 1.40 bits per heavy atom. The van der Waals surface area contributed by atoms with Crippen LogP contribution in [0.25, 0.3) is 0 Å². The summed E-state index contributed by atoms with van der Waals surface area (Å²) in [6.45, 7) is 1.53. The van der Waals surface area contributed by atoms with Crippen LogP contribution in [0.15, 0.2) is 30.9 Å². The van der Waals surface area contributed by atoms with E-state index in [9.17, 15) is 0 Å². The van der Waals surface area contributed by atoms with E-state index in [0.717, 1.165) is 18.9 Å². The summed E-state index contributed by atoms with van der Waals surface area (Å²) in [7, 11) is 0. The van der Waals surface area contributed by atoms with E-state index in [1.807, 2.05) is 16.9 Å². The first-order chi connectivity index (χ1) is 7.34. The lowest BCUT2D eigenvalue weighted by Crippen LogP contribution is -2.11. The van der Waals surface area contributed by atoms with Crippen LogP contribution in [-0.4, -0.2) is 26.3 Å². The van der Waals surface area contributed by atoms with Crippen molar-refractivity contribution < 1.29 is 0 Å². The van der Waals surface area contributed by atoms with Gasteiger partial charge in [0.15, 0.2) is 0 Å². The first-order valence-corrected chi connectivity index (χ1v) is 4.91. The van der Waals surface area contributed by atoms with Crippen molar-refractivity contribution in [1.82, 2.24) is 19.7 Å². The van der Waals surface area contributed by atoms with E-state index in [4.69, 9.17) is 11.6 Å². The van der Waals surface area contributed by atoms with Gasteiger partial charge in [0, 0.05) is 25.0 Å². The van der Waals surface area contributed by atoms with Gasteiger partial charge in [-0.25, -0.2) is 9.97 Å². The SMILES string of the molecule is Clc1cc(NCCn2cccn2)ncn1. The molecule has 2 rings (SSSR count). The van der Waals surface area contributed by atoms with Crippen LogP contribution in [0.4, 0.5) is 5.82 Å². The van der Waals surface area contributed by atoms with Crippen LogP contribution in [0.1, 0.15) is 0 Å². The van der Waals surface area contributed by atoms with Crippen molar-refractivity contribution in [2.45, 2.75) is 6.54 Å². The van der Waals surface area contributed by atoms with E-state index >= 15 is 0 Å². The van der Waals surface area contributed by atoms with E-state index in [0.29, 0.717) is 5.15 Å². The molecule has 0 bridgehead atoms. The summed E-state index contributed by atoms with van der Waals surface area (Å²) in [6.07, 6.45) is 5.09. The number of halogens is 1. The average molecular weight is 224 g/mol. The number of nitrogens with zero attached hydrogens (tertiary/aromatic N) is 4. The van der Waals surface area contributed by atoms with Crippen molar-refractivity contribution in [3.8, 4) is 0 Å². The van der Waals surface area contributed by atoms with Crippen molar-refractivity contribution in [3.63, 3.8) is 0 Å². The molecule has 78 valence electrons. The zero-order valence-electron chi connectivity index (χ0n) is 7.97. The zero-order chi connectivity index (χ0) is 10.5. The number of hydrogen-bond donors (Lipinski definition) is 1. The van der Waals surface area contributed by atoms with Crippen LogP contribution in [0.3, 0.4) is 0 Å². The van der Waals surface area contributed by atoms with E-state index < -0.39 is 0 Å². The Bertz CT molecular complexity index is 414. The standard InChI is InChI=1S/C9H10ClN5/c10-8-6-9(13-7-12-8)11-3-5-15-4-1-2-14-15/h1-2,4,6-7H,3,5H2,(H,11,12,13). The Hall–Kier alpha value is -1.62. The summed E-state index contributed by atoms with van der Waals surface area (Å²) in [5.41, 5.74) is 0. The maximum atomic E-state index is 5.71. The topological polar surface area (TPSA) is 55.6 Å². The molecular formula is C9H10ClN5. The summed E-state index contributed by atoms with van der Waals surface area (Å²) in [5, 5.41) is 7.65. The van der Waals surface area contributed by atoms with Crippen molar-refractivity contribution in [2.75, 3.05) is 11.9 Å². The van der Waals surface area contributed by atoms with Crippen molar-refractivity contribution in [2.24, 2.45) is 0 Å². The van der Waals surface area contributed by atoms with E-state index in [1.54, 1.807) is 12.3 Å². The molecule has 0 aliphatic carbocycles. The molecule has 2 aromatic heterocycles. The number of rotatable bonds is 4. The van der Waals surface area contributed by atoms with Crippen molar-refractivity contribution in [3.05, 3.63) is 36.0 Å². The summed E-state index contributed by atoms with van der Waals surface area (Å²) in [4.78, 5) is 7.82. The highest BCUT2D eigenvalue weighted by Gasteiger charge is 1.95. The number of hydrogen-bond acceptors (Lipinski definition) is 4. The minimum atomic E-state index is 0.437. The zero-order valence-corrected chi connectivity index (χ0v) is 8.72. The highest BCUT2D eigenvalue weighted by molar-refractivity contribution is 6.29. The highest BCUT2D eigenvalue weighted by atomic mass is 35.5. The molecule has 0 radical (unpaired) electrons. The Morgan fingerprint density at radius 2 is 2.33 bits per heavy atom. The van der Waals surface area contributed by atoms with Crippen molar-refractivity contribution in [1.29, 1.82) is 0 Å². The second kappa shape index (κ2) is 4.75. The lowest BCUT2D eigenvalue weighted by molar-refractivity contribution is 0.637. The Morgan fingerprint density at radius 3 is 3.07 bits per heavy atom. The molecule has 2 heterocycles. The molecule has 1 N–H and O–H groups in total. The summed E-state index contributed by atoms with van der Waals surface area (Å²) in [5.74, 6) is 0.724. The van der Waals surface area contributed by atoms with Crippen LogP contribution >= 0.6 is 11.6 Å². The molecule has 0 aliphatic rings. The number of aromatic nitrogens is 4. The van der Waals surface area contributed by atoms with Gasteiger partial charge in [-0.2, -0.15) is 5.10 Å². The Labute approximate surface area is 92.1 Å². The minimum Gasteiger partial charge on any atom is -0.368 e. The smallest absolute Gasteiger partial charge is 0.134 e. The molecule has 0 aromatic carbocycles. The average Bonchev–Trinajstić information content (AvgIpc) is 2.71. The van der Waals surface area contributed by atoms with E-state index in [1.165, 1.54) is 6.33 Å². The fraction of sp³-hybridized carbons (Fsp3) is 0.222. The van der Waals surface area contributed by atoms with Gasteiger partial charge in [-0.3, -0.25) is 4.68 Å². The van der Waals surface area contributed by atoms with Gasteiger partial charge in [0.05, 0.1) is 6.54 Å². The highest BCUT2D eigenvalue weighted by Crippen LogP contribution is 2.07. The quantitative estimate of drug-likeness (QED) is 0.797. The predicted molar refractivity (Wildman–Crippen MR) is 57.8 cm³/mol. The molecule has 0 aliphatic heterocycles. The van der Waals surface area contributed by atoms with Gasteiger partial charge in [-0.05, 0) is 6.07 Å². The third kappa shape index (κ3) is 2.92.